The molecule has 0 spiro atoms. The van der Waals surface area contributed by atoms with Crippen molar-refractivity contribution in [3.05, 3.63) is 99.0 Å². The van der Waals surface area contributed by atoms with Crippen LogP contribution in [0, 0.1) is 13.8 Å². The maximum absolute atomic E-state index is 14.2. The first kappa shape index (κ1) is 32.4. The normalized spacial score (nSPS) is 12.9. The Hall–Kier alpha value is -3.07. The van der Waals surface area contributed by atoms with Gasteiger partial charge in [0.2, 0.25) is 21.8 Å². The van der Waals surface area contributed by atoms with Crippen LogP contribution in [-0.2, 0) is 32.6 Å². The van der Waals surface area contributed by atoms with Crippen LogP contribution in [0.2, 0.25) is 10.0 Å². The smallest absolute Gasteiger partial charge is 0.244 e. The van der Waals surface area contributed by atoms with E-state index in [1.54, 1.807) is 30.3 Å². The zero-order valence-corrected chi connectivity index (χ0v) is 26.4. The highest BCUT2D eigenvalue weighted by molar-refractivity contribution is 7.92. The van der Waals surface area contributed by atoms with Crippen LogP contribution in [0.3, 0.4) is 0 Å². The Balaban J connectivity index is 2.10. The van der Waals surface area contributed by atoms with E-state index < -0.39 is 28.5 Å². The quantitative estimate of drug-likeness (QED) is 0.273. The van der Waals surface area contributed by atoms with Gasteiger partial charge in [0, 0.05) is 19.0 Å². The number of anilines is 1. The highest BCUT2D eigenvalue weighted by Crippen LogP contribution is 2.26. The Morgan fingerprint density at radius 1 is 0.902 bits per heavy atom. The van der Waals surface area contributed by atoms with Gasteiger partial charge >= 0.3 is 0 Å². The maximum Gasteiger partial charge on any atom is 0.244 e. The average molecular weight is 619 g/mol. The van der Waals surface area contributed by atoms with Crippen LogP contribution >= 0.6 is 23.2 Å². The second kappa shape index (κ2) is 14.2. The summed E-state index contributed by atoms with van der Waals surface area (Å²) in [6.07, 6.45) is 2.01. The van der Waals surface area contributed by atoms with E-state index in [0.29, 0.717) is 27.7 Å². The van der Waals surface area contributed by atoms with Gasteiger partial charge in [0.05, 0.1) is 22.0 Å². The van der Waals surface area contributed by atoms with E-state index in [4.69, 9.17) is 23.2 Å². The summed E-state index contributed by atoms with van der Waals surface area (Å²) in [5.41, 5.74) is 3.63. The van der Waals surface area contributed by atoms with Crippen LogP contribution in [-0.4, -0.2) is 50.0 Å². The Kier molecular flexibility index (Phi) is 11.2. The van der Waals surface area contributed by atoms with E-state index in [9.17, 15) is 18.0 Å². The van der Waals surface area contributed by atoms with Crippen molar-refractivity contribution in [2.75, 3.05) is 17.1 Å². The fourth-order valence-corrected chi connectivity index (χ4v) is 5.69. The minimum atomic E-state index is -3.85. The Bertz CT molecular complexity index is 1460. The summed E-state index contributed by atoms with van der Waals surface area (Å²) >= 11 is 12.4. The van der Waals surface area contributed by atoms with Gasteiger partial charge in [0.15, 0.2) is 0 Å². The number of halogens is 2. The summed E-state index contributed by atoms with van der Waals surface area (Å²) in [6, 6.07) is 18.8. The van der Waals surface area contributed by atoms with E-state index in [0.717, 1.165) is 27.3 Å². The summed E-state index contributed by atoms with van der Waals surface area (Å²) in [4.78, 5) is 29.3. The van der Waals surface area contributed by atoms with E-state index in [1.165, 1.54) is 4.90 Å². The molecule has 0 heterocycles. The molecule has 2 atom stereocenters. The molecule has 220 valence electrons. The third-order valence-electron chi connectivity index (χ3n) is 6.78. The van der Waals surface area contributed by atoms with Crippen molar-refractivity contribution >= 4 is 50.7 Å². The van der Waals surface area contributed by atoms with Crippen molar-refractivity contribution in [3.63, 3.8) is 0 Å². The predicted octanol–water partition coefficient (Wildman–Crippen LogP) is 5.93. The van der Waals surface area contributed by atoms with Gasteiger partial charge in [0.25, 0.3) is 0 Å². The number of aryl methyl sites for hydroxylation is 2. The summed E-state index contributed by atoms with van der Waals surface area (Å²) in [7, 11) is -3.85. The van der Waals surface area contributed by atoms with Gasteiger partial charge in [-0.1, -0.05) is 72.6 Å². The highest BCUT2D eigenvalue weighted by Gasteiger charge is 2.33. The largest absolute Gasteiger partial charge is 0.352 e. The molecule has 3 rings (SSSR count). The number of nitrogens with zero attached hydrogens (tertiary/aromatic N) is 2. The summed E-state index contributed by atoms with van der Waals surface area (Å²) < 4.78 is 27.0. The molecule has 0 radical (unpaired) electrons. The van der Waals surface area contributed by atoms with E-state index in [-0.39, 0.29) is 24.9 Å². The van der Waals surface area contributed by atoms with E-state index >= 15 is 0 Å². The number of carbonyl (C=O) groups is 2. The molecule has 0 bridgehead atoms. The molecule has 3 aromatic rings. The molecule has 0 saturated carbocycles. The van der Waals surface area contributed by atoms with Gasteiger partial charge in [-0.25, -0.2) is 8.42 Å². The predicted molar refractivity (Wildman–Crippen MR) is 167 cm³/mol. The lowest BCUT2D eigenvalue weighted by Gasteiger charge is -2.34. The van der Waals surface area contributed by atoms with Gasteiger partial charge in [0.1, 0.15) is 12.6 Å². The number of hydrogen-bond acceptors (Lipinski definition) is 4. The van der Waals surface area contributed by atoms with E-state index in [2.05, 4.69) is 5.32 Å². The van der Waals surface area contributed by atoms with Crippen molar-refractivity contribution in [2.45, 2.75) is 59.2 Å². The molecule has 0 aliphatic heterocycles. The van der Waals surface area contributed by atoms with Crippen LogP contribution in [0.25, 0.3) is 0 Å². The molecule has 0 saturated heterocycles. The van der Waals surface area contributed by atoms with Crippen LogP contribution in [0.5, 0.6) is 0 Å². The maximum atomic E-state index is 14.2. The lowest BCUT2D eigenvalue weighted by Crippen LogP contribution is -2.54. The average Bonchev–Trinajstić information content (AvgIpc) is 2.90. The SMILES string of the molecule is CC[C@@H](C)NC(=O)[C@@H](Cc1ccccc1)N(Cc1ccc(Cl)c(Cl)c1)C(=O)CN(c1cc(C)cc(C)c1)S(C)(=O)=O. The minimum absolute atomic E-state index is 0.0194. The van der Waals surface area contributed by atoms with Crippen molar-refractivity contribution in [1.29, 1.82) is 0 Å². The highest BCUT2D eigenvalue weighted by atomic mass is 35.5. The monoisotopic (exact) mass is 617 g/mol. The summed E-state index contributed by atoms with van der Waals surface area (Å²) in [5, 5.41) is 3.69. The molecule has 1 N–H and O–H groups in total. The molecule has 0 aliphatic rings. The molecule has 0 fully saturated rings. The van der Waals surface area contributed by atoms with Crippen LogP contribution in [0.1, 0.15) is 42.5 Å². The second-order valence-corrected chi connectivity index (χ2v) is 13.1. The van der Waals surface area contributed by atoms with Gasteiger partial charge in [-0.15, -0.1) is 0 Å². The van der Waals surface area contributed by atoms with Crippen molar-refractivity contribution < 1.29 is 18.0 Å². The lowest BCUT2D eigenvalue weighted by molar-refractivity contribution is -0.140. The Morgan fingerprint density at radius 3 is 2.10 bits per heavy atom. The van der Waals surface area contributed by atoms with Gasteiger partial charge in [-0.2, -0.15) is 0 Å². The molecule has 7 nitrogen and oxygen atoms in total. The Labute approximate surface area is 253 Å². The number of amides is 2. The zero-order chi connectivity index (χ0) is 30.3. The first-order valence-corrected chi connectivity index (χ1v) is 16.0. The topological polar surface area (TPSA) is 86.8 Å². The number of nitrogens with one attached hydrogen (secondary N) is 1. The first-order valence-electron chi connectivity index (χ1n) is 13.4. The molecule has 10 heteroatoms. The minimum Gasteiger partial charge on any atom is -0.352 e. The van der Waals surface area contributed by atoms with Crippen molar-refractivity contribution in [2.24, 2.45) is 0 Å². The number of benzene rings is 3. The number of rotatable bonds is 12. The molecule has 41 heavy (non-hydrogen) atoms. The number of carbonyl (C=O) groups excluding carboxylic acids is 2. The molecule has 2 amide bonds. The fourth-order valence-electron chi connectivity index (χ4n) is 4.54. The summed E-state index contributed by atoms with van der Waals surface area (Å²) in [6.45, 7) is 7.13. The van der Waals surface area contributed by atoms with Crippen LogP contribution in [0.15, 0.2) is 66.7 Å². The molecule has 0 aliphatic carbocycles. The Morgan fingerprint density at radius 2 is 1.54 bits per heavy atom. The zero-order valence-electron chi connectivity index (χ0n) is 24.0. The van der Waals surface area contributed by atoms with E-state index in [1.807, 2.05) is 64.1 Å². The van der Waals surface area contributed by atoms with Crippen molar-refractivity contribution in [3.8, 4) is 0 Å². The third-order valence-corrected chi connectivity index (χ3v) is 8.66. The third kappa shape index (κ3) is 9.21. The molecule has 0 unspecified atom stereocenters. The molecular formula is C31H37Cl2N3O4S. The summed E-state index contributed by atoms with van der Waals surface area (Å²) in [5.74, 6) is -0.852. The van der Waals surface area contributed by atoms with Gasteiger partial charge in [-0.05, 0) is 73.7 Å². The second-order valence-electron chi connectivity index (χ2n) is 10.4. The lowest BCUT2D eigenvalue weighted by atomic mass is 10.0. The standard InChI is InChI=1S/C31H37Cl2N3O4S/c1-6-23(4)34-31(38)29(18-24-10-8-7-9-11-24)35(19-25-12-13-27(32)28(33)17-25)30(37)20-36(41(5,39)40)26-15-21(2)14-22(3)16-26/h7-17,23,29H,6,18-20H2,1-5H3,(H,34,38)/t23-,29-/m1/s1. The molecule has 0 aromatic heterocycles. The van der Waals surface area contributed by atoms with Crippen LogP contribution in [0.4, 0.5) is 5.69 Å². The van der Waals surface area contributed by atoms with Crippen LogP contribution < -0.4 is 9.62 Å². The molecule has 3 aromatic carbocycles. The number of sulfonamides is 1. The molecular weight excluding hydrogens is 581 g/mol. The first-order chi connectivity index (χ1) is 19.3. The van der Waals surface area contributed by atoms with Crippen molar-refractivity contribution in [1.82, 2.24) is 10.2 Å². The fraction of sp³-hybridized carbons (Fsp3) is 0.355. The number of hydrogen-bond donors (Lipinski definition) is 1. The van der Waals surface area contributed by atoms with Gasteiger partial charge in [-0.3, -0.25) is 13.9 Å². The van der Waals surface area contributed by atoms with Gasteiger partial charge < -0.3 is 10.2 Å².